The highest BCUT2D eigenvalue weighted by molar-refractivity contribution is 6.33. The summed E-state index contributed by atoms with van der Waals surface area (Å²) in [5.41, 5.74) is 0.437. The maximum Gasteiger partial charge on any atom is 0.257 e. The molecule has 2 heterocycles. The number of nitrogens with one attached hydrogen (secondary N) is 2. The van der Waals surface area contributed by atoms with Crippen LogP contribution in [0.25, 0.3) is 11.3 Å². The van der Waals surface area contributed by atoms with Gasteiger partial charge in [-0.15, -0.1) is 12.4 Å². The van der Waals surface area contributed by atoms with E-state index in [0.717, 1.165) is 19.4 Å². The predicted molar refractivity (Wildman–Crippen MR) is 92.2 cm³/mol. The van der Waals surface area contributed by atoms with E-state index >= 15 is 0 Å². The maximum atomic E-state index is 14.1. The zero-order valence-corrected chi connectivity index (χ0v) is 14.6. The average Bonchev–Trinajstić information content (AvgIpc) is 2.90. The summed E-state index contributed by atoms with van der Waals surface area (Å²) in [7, 11) is 0. The lowest BCUT2D eigenvalue weighted by molar-refractivity contribution is 0.0929. The Kier molecular flexibility index (Phi) is 6.21. The van der Waals surface area contributed by atoms with Gasteiger partial charge in [-0.3, -0.25) is 4.79 Å². The van der Waals surface area contributed by atoms with Gasteiger partial charge in [0.1, 0.15) is 22.8 Å². The van der Waals surface area contributed by atoms with Crippen molar-refractivity contribution in [2.45, 2.75) is 25.8 Å². The quantitative estimate of drug-likeness (QED) is 0.865. The number of carbonyl (C=O) groups excluding carboxylic acids is 1. The van der Waals surface area contributed by atoms with Gasteiger partial charge in [-0.2, -0.15) is 0 Å². The van der Waals surface area contributed by atoms with Crippen LogP contribution in [0.15, 0.2) is 22.7 Å². The van der Waals surface area contributed by atoms with Crippen molar-refractivity contribution in [3.8, 4) is 11.3 Å². The first-order valence-electron chi connectivity index (χ1n) is 7.50. The van der Waals surface area contributed by atoms with Crippen molar-refractivity contribution < 1.29 is 13.7 Å². The van der Waals surface area contributed by atoms with Crippen LogP contribution in [0.2, 0.25) is 5.02 Å². The van der Waals surface area contributed by atoms with Crippen LogP contribution in [0.3, 0.4) is 0 Å². The molecule has 1 aliphatic rings. The number of piperidine rings is 1. The van der Waals surface area contributed by atoms with Gasteiger partial charge in [-0.1, -0.05) is 22.8 Å². The summed E-state index contributed by atoms with van der Waals surface area (Å²) in [6.45, 7) is 3.29. The van der Waals surface area contributed by atoms with Gasteiger partial charge in [-0.25, -0.2) is 4.39 Å². The number of aryl methyl sites for hydroxylation is 1. The van der Waals surface area contributed by atoms with Gasteiger partial charge in [0.05, 0.1) is 10.6 Å². The van der Waals surface area contributed by atoms with Gasteiger partial charge in [0.25, 0.3) is 5.91 Å². The van der Waals surface area contributed by atoms with E-state index in [1.54, 1.807) is 13.0 Å². The minimum Gasteiger partial charge on any atom is -0.360 e. The van der Waals surface area contributed by atoms with Crippen LogP contribution in [0.5, 0.6) is 0 Å². The Hall–Kier alpha value is -1.63. The van der Waals surface area contributed by atoms with E-state index in [4.69, 9.17) is 16.1 Å². The molecule has 3 rings (SSSR count). The fourth-order valence-electron chi connectivity index (χ4n) is 2.77. The van der Waals surface area contributed by atoms with Crippen LogP contribution in [-0.2, 0) is 0 Å². The van der Waals surface area contributed by atoms with Crippen molar-refractivity contribution in [2.24, 2.45) is 0 Å². The summed E-state index contributed by atoms with van der Waals surface area (Å²) in [5, 5.41) is 10.2. The molecule has 1 unspecified atom stereocenters. The van der Waals surface area contributed by atoms with Gasteiger partial charge >= 0.3 is 0 Å². The number of rotatable bonds is 3. The Morgan fingerprint density at radius 2 is 2.29 bits per heavy atom. The largest absolute Gasteiger partial charge is 0.360 e. The van der Waals surface area contributed by atoms with Crippen molar-refractivity contribution in [2.75, 3.05) is 13.1 Å². The standard InChI is InChI=1S/C16H17ClFN3O2.ClH/c1-9-13(16(22)20-10-4-3-7-19-8-10)15(21-23-9)14-11(17)5-2-6-12(14)18;/h2,5-6,10,19H,3-4,7-8H2,1H3,(H,20,22);1H. The first-order chi connectivity index (χ1) is 11.1. The summed E-state index contributed by atoms with van der Waals surface area (Å²) in [5.74, 6) is -0.536. The molecule has 1 fully saturated rings. The van der Waals surface area contributed by atoms with Crippen molar-refractivity contribution in [3.05, 3.63) is 40.4 Å². The van der Waals surface area contributed by atoms with Gasteiger partial charge in [0.2, 0.25) is 0 Å². The molecule has 0 radical (unpaired) electrons. The van der Waals surface area contributed by atoms with Gasteiger partial charge in [0.15, 0.2) is 0 Å². The van der Waals surface area contributed by atoms with E-state index in [2.05, 4.69) is 15.8 Å². The molecule has 1 saturated heterocycles. The highest BCUT2D eigenvalue weighted by Gasteiger charge is 2.27. The molecule has 0 bridgehead atoms. The first-order valence-corrected chi connectivity index (χ1v) is 7.88. The Morgan fingerprint density at radius 3 is 2.96 bits per heavy atom. The molecule has 1 aromatic carbocycles. The Labute approximate surface area is 150 Å². The molecule has 24 heavy (non-hydrogen) atoms. The molecule has 0 spiro atoms. The minimum absolute atomic E-state index is 0. The van der Waals surface area contributed by atoms with Crippen molar-refractivity contribution in [1.82, 2.24) is 15.8 Å². The van der Waals surface area contributed by atoms with Crippen LogP contribution in [0.1, 0.15) is 29.0 Å². The second kappa shape index (κ2) is 7.96. The van der Waals surface area contributed by atoms with Gasteiger partial charge in [-0.05, 0) is 38.4 Å². The lowest BCUT2D eigenvalue weighted by Gasteiger charge is -2.23. The molecule has 0 aliphatic carbocycles. The second-order valence-electron chi connectivity index (χ2n) is 5.58. The zero-order valence-electron chi connectivity index (χ0n) is 13.1. The van der Waals surface area contributed by atoms with Crippen LogP contribution >= 0.6 is 24.0 Å². The number of benzene rings is 1. The molecule has 5 nitrogen and oxygen atoms in total. The highest BCUT2D eigenvalue weighted by atomic mass is 35.5. The third-order valence-electron chi connectivity index (χ3n) is 3.92. The third-order valence-corrected chi connectivity index (χ3v) is 4.24. The van der Waals surface area contributed by atoms with Crippen LogP contribution in [0.4, 0.5) is 4.39 Å². The molecular weight excluding hydrogens is 356 g/mol. The predicted octanol–water partition coefficient (Wildman–Crippen LogP) is 3.35. The molecule has 2 N–H and O–H groups in total. The summed E-state index contributed by atoms with van der Waals surface area (Å²) in [6, 6.07) is 4.37. The number of hydrogen-bond donors (Lipinski definition) is 2. The normalized spacial score (nSPS) is 17.2. The molecule has 8 heteroatoms. The van der Waals surface area contributed by atoms with Crippen LogP contribution in [-0.4, -0.2) is 30.2 Å². The average molecular weight is 374 g/mol. The fourth-order valence-corrected chi connectivity index (χ4v) is 3.02. The summed E-state index contributed by atoms with van der Waals surface area (Å²) in [4.78, 5) is 12.6. The van der Waals surface area contributed by atoms with Crippen molar-refractivity contribution >= 4 is 29.9 Å². The molecule has 1 amide bonds. The number of carbonyl (C=O) groups is 1. The van der Waals surface area contributed by atoms with E-state index in [1.807, 2.05) is 0 Å². The van der Waals surface area contributed by atoms with Crippen molar-refractivity contribution in [3.63, 3.8) is 0 Å². The minimum atomic E-state index is -0.542. The highest BCUT2D eigenvalue weighted by Crippen LogP contribution is 2.33. The summed E-state index contributed by atoms with van der Waals surface area (Å²) in [6.07, 6.45) is 1.90. The van der Waals surface area contributed by atoms with Crippen molar-refractivity contribution in [1.29, 1.82) is 0 Å². The molecule has 0 saturated carbocycles. The van der Waals surface area contributed by atoms with E-state index in [-0.39, 0.29) is 46.2 Å². The van der Waals surface area contributed by atoms with E-state index < -0.39 is 5.82 Å². The smallest absolute Gasteiger partial charge is 0.257 e. The van der Waals surface area contributed by atoms with Gasteiger partial charge < -0.3 is 15.2 Å². The summed E-state index contributed by atoms with van der Waals surface area (Å²) >= 11 is 6.08. The Morgan fingerprint density at radius 1 is 1.50 bits per heavy atom. The molecule has 1 atom stereocenters. The third kappa shape index (κ3) is 3.71. The lowest BCUT2D eigenvalue weighted by Crippen LogP contribution is -2.45. The number of amides is 1. The molecule has 130 valence electrons. The molecular formula is C16H18Cl2FN3O2. The van der Waals surface area contributed by atoms with E-state index in [1.165, 1.54) is 12.1 Å². The molecule has 1 aliphatic heterocycles. The first kappa shape index (κ1) is 18.7. The Balaban J connectivity index is 0.00000208. The van der Waals surface area contributed by atoms with E-state index in [0.29, 0.717) is 12.3 Å². The monoisotopic (exact) mass is 373 g/mol. The maximum absolute atomic E-state index is 14.1. The van der Waals surface area contributed by atoms with Crippen LogP contribution < -0.4 is 10.6 Å². The number of halogens is 3. The van der Waals surface area contributed by atoms with E-state index in [9.17, 15) is 9.18 Å². The van der Waals surface area contributed by atoms with Gasteiger partial charge in [0, 0.05) is 12.6 Å². The SMILES string of the molecule is Cc1onc(-c2c(F)cccc2Cl)c1C(=O)NC1CCCNC1.Cl. The fraction of sp³-hybridized carbons (Fsp3) is 0.375. The molecule has 2 aromatic rings. The number of hydrogen-bond acceptors (Lipinski definition) is 4. The lowest BCUT2D eigenvalue weighted by atomic mass is 10.0. The number of aromatic nitrogens is 1. The summed E-state index contributed by atoms with van der Waals surface area (Å²) < 4.78 is 19.3. The second-order valence-corrected chi connectivity index (χ2v) is 5.98. The topological polar surface area (TPSA) is 67.2 Å². The van der Waals surface area contributed by atoms with Crippen LogP contribution in [0, 0.1) is 12.7 Å². The number of nitrogens with zero attached hydrogens (tertiary/aromatic N) is 1. The molecule has 1 aromatic heterocycles. The Bertz CT molecular complexity index is 710. The zero-order chi connectivity index (χ0) is 16.4.